The first-order valence-electron chi connectivity index (χ1n) is 6.92. The zero-order chi connectivity index (χ0) is 16.1. The largest absolute Gasteiger partial charge is 0.481 e. The highest BCUT2D eigenvalue weighted by Crippen LogP contribution is 2.20. The van der Waals surface area contributed by atoms with Crippen LogP contribution in [0.3, 0.4) is 0 Å². The molecule has 0 fully saturated rings. The summed E-state index contributed by atoms with van der Waals surface area (Å²) in [6.45, 7) is 4.23. The predicted molar refractivity (Wildman–Crippen MR) is 87.4 cm³/mol. The average Bonchev–Trinajstić information content (AvgIpc) is 2.94. The topological polar surface area (TPSA) is 64.4 Å². The van der Waals surface area contributed by atoms with Gasteiger partial charge in [0.1, 0.15) is 5.76 Å². The molecule has 118 valence electrons. The van der Waals surface area contributed by atoms with Crippen molar-refractivity contribution in [2.45, 2.75) is 26.1 Å². The van der Waals surface area contributed by atoms with E-state index in [-0.39, 0.29) is 5.91 Å². The number of thioether (sulfide) groups is 1. The fourth-order valence-electron chi connectivity index (χ4n) is 2.19. The molecule has 2 heterocycles. The maximum atomic E-state index is 12.1. The van der Waals surface area contributed by atoms with E-state index >= 15 is 0 Å². The lowest BCUT2D eigenvalue weighted by atomic mass is 10.1. The maximum absolute atomic E-state index is 12.1. The molecule has 5 nitrogen and oxygen atoms in total. The molecule has 0 unspecified atom stereocenters. The van der Waals surface area contributed by atoms with E-state index in [4.69, 9.17) is 9.15 Å². The minimum absolute atomic E-state index is 0.241. The molecule has 0 spiro atoms. The number of carbonyl (C=O) groups excluding carboxylic acids is 1. The molecule has 2 aromatic rings. The van der Waals surface area contributed by atoms with E-state index in [0.717, 1.165) is 28.3 Å². The summed E-state index contributed by atoms with van der Waals surface area (Å²) in [5.74, 6) is 2.17. The van der Waals surface area contributed by atoms with Gasteiger partial charge in [-0.1, -0.05) is 0 Å². The van der Waals surface area contributed by atoms with Gasteiger partial charge in [0.25, 0.3) is 5.91 Å². The third-order valence-corrected chi connectivity index (χ3v) is 3.80. The summed E-state index contributed by atoms with van der Waals surface area (Å²) in [5.41, 5.74) is 2.79. The Labute approximate surface area is 134 Å². The molecular formula is C16H20N2O3S. The number of aryl methyl sites for hydroxylation is 2. The molecule has 0 saturated heterocycles. The Morgan fingerprint density at radius 1 is 1.41 bits per heavy atom. The molecule has 2 aromatic heterocycles. The lowest BCUT2D eigenvalue weighted by molar-refractivity contribution is 0.0921. The lowest BCUT2D eigenvalue weighted by Gasteiger charge is -2.12. The van der Waals surface area contributed by atoms with Crippen molar-refractivity contribution in [2.24, 2.45) is 0 Å². The second-order valence-electron chi connectivity index (χ2n) is 4.95. The standard InChI is InChI=1S/C16H20N2O3S/c1-10-7-11(2)18-16(20-3)13(10)8-17-15(19)14-6-5-12(21-14)9-22-4/h5-7H,8-9H2,1-4H3,(H,17,19). The van der Waals surface area contributed by atoms with E-state index in [1.165, 1.54) is 0 Å². The monoisotopic (exact) mass is 320 g/mol. The molecule has 0 radical (unpaired) electrons. The van der Waals surface area contributed by atoms with E-state index in [0.29, 0.717) is 18.2 Å². The number of nitrogens with zero attached hydrogens (tertiary/aromatic N) is 1. The van der Waals surface area contributed by atoms with Gasteiger partial charge in [0.15, 0.2) is 5.76 Å². The first-order valence-corrected chi connectivity index (χ1v) is 8.31. The molecule has 0 bridgehead atoms. The van der Waals surface area contributed by atoms with Crippen LogP contribution in [-0.4, -0.2) is 24.3 Å². The van der Waals surface area contributed by atoms with Gasteiger partial charge in [0, 0.05) is 17.8 Å². The van der Waals surface area contributed by atoms with E-state index < -0.39 is 0 Å². The van der Waals surface area contributed by atoms with Crippen molar-refractivity contribution in [3.63, 3.8) is 0 Å². The SMILES string of the molecule is COc1nc(C)cc(C)c1CNC(=O)c1ccc(CSC)o1. The van der Waals surface area contributed by atoms with Crippen LogP contribution in [0.4, 0.5) is 0 Å². The van der Waals surface area contributed by atoms with Gasteiger partial charge in [-0.05, 0) is 43.9 Å². The van der Waals surface area contributed by atoms with Crippen LogP contribution in [0.15, 0.2) is 22.6 Å². The van der Waals surface area contributed by atoms with Gasteiger partial charge >= 0.3 is 0 Å². The van der Waals surface area contributed by atoms with Crippen LogP contribution in [0.2, 0.25) is 0 Å². The zero-order valence-electron chi connectivity index (χ0n) is 13.2. The highest BCUT2D eigenvalue weighted by Gasteiger charge is 2.14. The average molecular weight is 320 g/mol. The Balaban J connectivity index is 2.07. The summed E-state index contributed by atoms with van der Waals surface area (Å²) in [5, 5.41) is 2.85. The zero-order valence-corrected chi connectivity index (χ0v) is 14.0. The Kier molecular flexibility index (Phi) is 5.49. The van der Waals surface area contributed by atoms with Gasteiger partial charge < -0.3 is 14.5 Å². The van der Waals surface area contributed by atoms with E-state index in [2.05, 4.69) is 10.3 Å². The van der Waals surface area contributed by atoms with E-state index in [1.807, 2.05) is 32.2 Å². The molecule has 0 aromatic carbocycles. The van der Waals surface area contributed by atoms with E-state index in [9.17, 15) is 4.79 Å². The summed E-state index contributed by atoms with van der Waals surface area (Å²) < 4.78 is 10.8. The number of methoxy groups -OCH3 is 1. The minimum Gasteiger partial charge on any atom is -0.481 e. The summed E-state index contributed by atoms with van der Waals surface area (Å²) in [6, 6.07) is 5.48. The molecule has 0 aliphatic heterocycles. The second kappa shape index (κ2) is 7.35. The number of ether oxygens (including phenoxy) is 1. The molecule has 2 rings (SSSR count). The van der Waals surface area contributed by atoms with Crippen LogP contribution in [-0.2, 0) is 12.3 Å². The first-order chi connectivity index (χ1) is 10.5. The molecule has 0 aliphatic carbocycles. The number of carbonyl (C=O) groups is 1. The number of rotatable bonds is 6. The fraction of sp³-hybridized carbons (Fsp3) is 0.375. The van der Waals surface area contributed by atoms with Crippen molar-refractivity contribution >= 4 is 17.7 Å². The molecule has 6 heteroatoms. The number of furan rings is 1. The van der Waals surface area contributed by atoms with Crippen molar-refractivity contribution in [3.8, 4) is 5.88 Å². The molecular weight excluding hydrogens is 300 g/mol. The minimum atomic E-state index is -0.241. The lowest BCUT2D eigenvalue weighted by Crippen LogP contribution is -2.23. The summed E-state index contributed by atoms with van der Waals surface area (Å²) >= 11 is 1.65. The Morgan fingerprint density at radius 3 is 2.86 bits per heavy atom. The van der Waals surface area contributed by atoms with Crippen LogP contribution >= 0.6 is 11.8 Å². The summed E-state index contributed by atoms with van der Waals surface area (Å²) in [7, 11) is 1.58. The molecule has 1 N–H and O–H groups in total. The smallest absolute Gasteiger partial charge is 0.287 e. The molecule has 0 saturated carbocycles. The highest BCUT2D eigenvalue weighted by atomic mass is 32.2. The maximum Gasteiger partial charge on any atom is 0.287 e. The number of pyridine rings is 1. The second-order valence-corrected chi connectivity index (χ2v) is 5.82. The predicted octanol–water partition coefficient (Wildman–Crippen LogP) is 3.09. The molecule has 1 amide bonds. The number of hydrogen-bond donors (Lipinski definition) is 1. The van der Waals surface area contributed by atoms with Crippen LogP contribution in [0.25, 0.3) is 0 Å². The normalized spacial score (nSPS) is 10.5. The third-order valence-electron chi connectivity index (χ3n) is 3.23. The van der Waals surface area contributed by atoms with Gasteiger partial charge in [0.2, 0.25) is 5.88 Å². The number of amides is 1. The van der Waals surface area contributed by atoms with Crippen molar-refractivity contribution in [3.05, 3.63) is 46.5 Å². The third kappa shape index (κ3) is 3.82. The van der Waals surface area contributed by atoms with Crippen molar-refractivity contribution < 1.29 is 13.9 Å². The Hall–Kier alpha value is -1.95. The van der Waals surface area contributed by atoms with Gasteiger partial charge in [-0.2, -0.15) is 11.8 Å². The van der Waals surface area contributed by atoms with E-state index in [1.54, 1.807) is 24.9 Å². The first kappa shape index (κ1) is 16.4. The van der Waals surface area contributed by atoms with Gasteiger partial charge in [-0.15, -0.1) is 0 Å². The molecule has 0 atom stereocenters. The molecule has 0 aliphatic rings. The van der Waals surface area contributed by atoms with Crippen LogP contribution in [0, 0.1) is 13.8 Å². The Bertz CT molecular complexity index is 667. The number of nitrogens with one attached hydrogen (secondary N) is 1. The van der Waals surface area contributed by atoms with Crippen LogP contribution in [0.1, 0.15) is 33.1 Å². The van der Waals surface area contributed by atoms with Crippen LogP contribution < -0.4 is 10.1 Å². The number of aromatic nitrogens is 1. The number of hydrogen-bond acceptors (Lipinski definition) is 5. The van der Waals surface area contributed by atoms with Crippen LogP contribution in [0.5, 0.6) is 5.88 Å². The highest BCUT2D eigenvalue weighted by molar-refractivity contribution is 7.97. The summed E-state index contributed by atoms with van der Waals surface area (Å²) in [6.07, 6.45) is 1.99. The van der Waals surface area contributed by atoms with Gasteiger partial charge in [-0.25, -0.2) is 4.98 Å². The fourth-order valence-corrected chi connectivity index (χ4v) is 2.63. The quantitative estimate of drug-likeness (QED) is 0.886. The van der Waals surface area contributed by atoms with Crippen molar-refractivity contribution in [1.29, 1.82) is 0 Å². The molecule has 22 heavy (non-hydrogen) atoms. The van der Waals surface area contributed by atoms with Crippen molar-refractivity contribution in [1.82, 2.24) is 10.3 Å². The summed E-state index contributed by atoms with van der Waals surface area (Å²) in [4.78, 5) is 16.5. The van der Waals surface area contributed by atoms with Gasteiger partial charge in [-0.3, -0.25) is 4.79 Å². The van der Waals surface area contributed by atoms with Gasteiger partial charge in [0.05, 0.1) is 12.9 Å². The Morgan fingerprint density at radius 2 is 2.18 bits per heavy atom. The van der Waals surface area contributed by atoms with Crippen molar-refractivity contribution in [2.75, 3.05) is 13.4 Å².